The summed E-state index contributed by atoms with van der Waals surface area (Å²) in [7, 11) is 0. The molecule has 30 heavy (non-hydrogen) atoms. The smallest absolute Gasteiger partial charge is 0.306 e. The zero-order chi connectivity index (χ0) is 21.8. The molecule has 1 heterocycles. The van der Waals surface area contributed by atoms with Crippen molar-refractivity contribution in [2.24, 2.45) is 33.7 Å². The largest absolute Gasteiger partial charge is 0.481 e. The van der Waals surface area contributed by atoms with E-state index in [1.807, 2.05) is 13.0 Å². The number of carbonyl (C=O) groups is 2. The number of carboxylic acid groups (broad SMARTS) is 1. The average molecular weight is 411 g/mol. The van der Waals surface area contributed by atoms with E-state index in [0.717, 1.165) is 23.1 Å². The molecular formula is C25H34N2O3. The number of aliphatic carboxylic acids is 1. The average Bonchev–Trinajstić information content (AvgIpc) is 2.99. The van der Waals surface area contributed by atoms with Crippen LogP contribution in [0.4, 0.5) is 0 Å². The summed E-state index contributed by atoms with van der Waals surface area (Å²) in [5.41, 5.74) is 2.90. The Morgan fingerprint density at radius 2 is 1.87 bits per heavy atom. The van der Waals surface area contributed by atoms with Crippen molar-refractivity contribution in [1.82, 2.24) is 0 Å². The number of hydrogen-bond donors (Lipinski definition) is 1. The van der Waals surface area contributed by atoms with Gasteiger partial charge in [-0.1, -0.05) is 31.5 Å². The fraction of sp³-hybridized carbons (Fsp3) is 0.600. The molecule has 6 atom stereocenters. The molecule has 0 spiro atoms. The van der Waals surface area contributed by atoms with Crippen LogP contribution < -0.4 is 0 Å². The summed E-state index contributed by atoms with van der Waals surface area (Å²) < 4.78 is 0. The van der Waals surface area contributed by atoms with Crippen molar-refractivity contribution in [1.29, 1.82) is 0 Å². The Labute approximate surface area is 179 Å². The maximum Gasteiger partial charge on any atom is 0.306 e. The Morgan fingerprint density at radius 3 is 2.60 bits per heavy atom. The maximum atomic E-state index is 13.5. The molecular weight excluding hydrogens is 376 g/mol. The molecule has 0 bridgehead atoms. The molecule has 1 aromatic carbocycles. The molecule has 0 amide bonds. The highest BCUT2D eigenvalue weighted by molar-refractivity contribution is 6.16. The topological polar surface area (TPSA) is 79.1 Å². The van der Waals surface area contributed by atoms with Crippen molar-refractivity contribution >= 4 is 24.2 Å². The van der Waals surface area contributed by atoms with Gasteiger partial charge in [-0.25, -0.2) is 0 Å². The molecule has 0 aromatic heterocycles. The lowest BCUT2D eigenvalue weighted by atomic mass is 9.77. The van der Waals surface area contributed by atoms with Gasteiger partial charge in [-0.3, -0.25) is 19.6 Å². The summed E-state index contributed by atoms with van der Waals surface area (Å²) in [5, 5.41) is 9.48. The molecule has 5 heteroatoms. The Morgan fingerprint density at radius 1 is 1.10 bits per heavy atom. The number of ketones is 1. The Bertz CT molecular complexity index is 845. The Balaban J connectivity index is 1.86. The van der Waals surface area contributed by atoms with E-state index in [0.29, 0.717) is 31.7 Å². The van der Waals surface area contributed by atoms with E-state index >= 15 is 0 Å². The predicted octanol–water partition coefficient (Wildman–Crippen LogP) is 4.97. The van der Waals surface area contributed by atoms with E-state index in [4.69, 9.17) is 0 Å². The van der Waals surface area contributed by atoms with Gasteiger partial charge in [0.25, 0.3) is 0 Å². The minimum absolute atomic E-state index is 0.0637. The number of carboxylic acids is 1. The van der Waals surface area contributed by atoms with Crippen molar-refractivity contribution in [3.8, 4) is 0 Å². The van der Waals surface area contributed by atoms with E-state index in [9.17, 15) is 14.7 Å². The number of hydrogen-bond acceptors (Lipinski definition) is 4. The van der Waals surface area contributed by atoms with Gasteiger partial charge in [0.1, 0.15) is 0 Å². The zero-order valence-electron chi connectivity index (χ0n) is 18.5. The number of nitrogens with zero attached hydrogens (tertiary/aromatic N) is 2. The number of Topliss-reactive ketones (excluding diaryl/α,β-unsaturated/α-hetero) is 1. The van der Waals surface area contributed by atoms with Crippen molar-refractivity contribution < 1.29 is 14.7 Å². The first kappa shape index (κ1) is 22.4. The summed E-state index contributed by atoms with van der Waals surface area (Å²) in [6.07, 6.45) is 6.17. The molecule has 1 aliphatic heterocycles. The summed E-state index contributed by atoms with van der Waals surface area (Å²) in [4.78, 5) is 34.1. The molecule has 0 saturated heterocycles. The summed E-state index contributed by atoms with van der Waals surface area (Å²) >= 11 is 0. The van der Waals surface area contributed by atoms with E-state index in [2.05, 4.69) is 42.9 Å². The van der Waals surface area contributed by atoms with Crippen molar-refractivity contribution in [2.75, 3.05) is 6.54 Å². The van der Waals surface area contributed by atoms with Crippen LogP contribution in [0.25, 0.3) is 0 Å². The van der Waals surface area contributed by atoms with Crippen LogP contribution in [0.3, 0.4) is 0 Å². The molecule has 2 aliphatic rings. The molecule has 1 aromatic rings. The van der Waals surface area contributed by atoms with Crippen LogP contribution in [0.1, 0.15) is 73.9 Å². The van der Waals surface area contributed by atoms with Crippen molar-refractivity contribution in [3.05, 3.63) is 34.9 Å². The molecule has 1 N–H and O–H groups in total. The quantitative estimate of drug-likeness (QED) is 0.550. The van der Waals surface area contributed by atoms with Gasteiger partial charge in [0.2, 0.25) is 0 Å². The molecule has 6 unspecified atom stereocenters. The first-order valence-corrected chi connectivity index (χ1v) is 11.2. The lowest BCUT2D eigenvalue weighted by Crippen LogP contribution is -2.25. The van der Waals surface area contributed by atoms with Gasteiger partial charge in [-0.05, 0) is 62.5 Å². The molecule has 1 aliphatic carbocycles. The van der Waals surface area contributed by atoms with Crippen LogP contribution in [0.2, 0.25) is 0 Å². The third kappa shape index (κ3) is 5.05. The van der Waals surface area contributed by atoms with Crippen LogP contribution in [0.5, 0.6) is 0 Å². The fourth-order valence-electron chi connectivity index (χ4n) is 5.18. The number of aryl methyl sites for hydroxylation is 1. The van der Waals surface area contributed by atoms with Gasteiger partial charge in [0.15, 0.2) is 5.78 Å². The minimum Gasteiger partial charge on any atom is -0.481 e. The molecule has 162 valence electrons. The lowest BCUT2D eigenvalue weighted by molar-refractivity contribution is -0.142. The van der Waals surface area contributed by atoms with Crippen LogP contribution in [-0.4, -0.2) is 41.9 Å². The van der Waals surface area contributed by atoms with Crippen molar-refractivity contribution in [3.63, 3.8) is 0 Å². The van der Waals surface area contributed by atoms with Crippen molar-refractivity contribution in [2.45, 2.75) is 65.3 Å². The molecule has 0 radical (unpaired) electrons. The number of carbonyl (C=O) groups excluding carboxylic acids is 1. The highest BCUT2D eigenvalue weighted by Crippen LogP contribution is 2.39. The second-order valence-electron chi connectivity index (χ2n) is 9.34. The third-order valence-corrected chi connectivity index (χ3v) is 7.15. The molecule has 1 fully saturated rings. The first-order valence-electron chi connectivity index (χ1n) is 11.2. The highest BCUT2D eigenvalue weighted by atomic mass is 16.4. The van der Waals surface area contributed by atoms with Crippen LogP contribution in [-0.2, 0) is 4.79 Å². The Hall–Kier alpha value is -2.30. The molecule has 5 nitrogen and oxygen atoms in total. The fourth-order valence-corrected chi connectivity index (χ4v) is 5.18. The standard InChI is InChI=1S/C25H34N2O3/c1-15-5-8-20(23-14-26-9-10-27-18(23)4)22(11-15)24(28)13-21-16(2)6-7-19(25(29)30)12-17(21)3/h5,8-11,16-19,21,23H,6-7,12-14H2,1-4H3,(H,29,30). The second-order valence-corrected chi connectivity index (χ2v) is 9.34. The van der Waals surface area contributed by atoms with E-state index in [-0.39, 0.29) is 35.5 Å². The van der Waals surface area contributed by atoms with Gasteiger partial charge in [0.05, 0.1) is 12.0 Å². The van der Waals surface area contributed by atoms with Crippen LogP contribution in [0.15, 0.2) is 28.2 Å². The van der Waals surface area contributed by atoms with Gasteiger partial charge in [0, 0.05) is 36.9 Å². The van der Waals surface area contributed by atoms with E-state index in [1.54, 1.807) is 12.4 Å². The normalized spacial score (nSPS) is 31.7. The number of benzene rings is 1. The van der Waals surface area contributed by atoms with Crippen LogP contribution >= 0.6 is 0 Å². The predicted molar refractivity (Wildman–Crippen MR) is 121 cm³/mol. The Kier molecular flexibility index (Phi) is 7.22. The summed E-state index contributed by atoms with van der Waals surface area (Å²) in [5.74, 6) is 0.0118. The van der Waals surface area contributed by atoms with Crippen LogP contribution in [0, 0.1) is 30.6 Å². The molecule has 1 saturated carbocycles. The SMILES string of the molecule is Cc1ccc(C2CN=CC=NC2C)c(C(=O)CC2C(C)CCC(C(=O)O)CC2C)c1. The van der Waals surface area contributed by atoms with E-state index < -0.39 is 5.97 Å². The van der Waals surface area contributed by atoms with Gasteiger partial charge in [-0.15, -0.1) is 0 Å². The first-order chi connectivity index (χ1) is 14.3. The number of aliphatic imine (C=N–C) groups is 2. The third-order valence-electron chi connectivity index (χ3n) is 7.15. The number of rotatable bonds is 5. The summed E-state index contributed by atoms with van der Waals surface area (Å²) in [6.45, 7) is 9.00. The maximum absolute atomic E-state index is 13.5. The minimum atomic E-state index is -0.703. The van der Waals surface area contributed by atoms with Gasteiger partial charge in [-0.2, -0.15) is 0 Å². The van der Waals surface area contributed by atoms with Gasteiger partial charge < -0.3 is 5.11 Å². The lowest BCUT2D eigenvalue weighted by Gasteiger charge is -2.28. The van der Waals surface area contributed by atoms with Gasteiger partial charge >= 0.3 is 5.97 Å². The summed E-state index contributed by atoms with van der Waals surface area (Å²) in [6, 6.07) is 6.20. The monoisotopic (exact) mass is 410 g/mol. The van der Waals surface area contributed by atoms with E-state index in [1.165, 1.54) is 0 Å². The molecule has 3 rings (SSSR count). The second kappa shape index (κ2) is 9.67. The highest BCUT2D eigenvalue weighted by Gasteiger charge is 2.35. The zero-order valence-corrected chi connectivity index (χ0v) is 18.5.